The van der Waals surface area contributed by atoms with Crippen molar-refractivity contribution >= 4 is 11.6 Å². The van der Waals surface area contributed by atoms with Crippen LogP contribution in [0, 0.1) is 5.82 Å². The van der Waals surface area contributed by atoms with Gasteiger partial charge in [0.2, 0.25) is 0 Å². The van der Waals surface area contributed by atoms with Gasteiger partial charge in [-0.3, -0.25) is 4.79 Å². The molecule has 1 aromatic carbocycles. The molecule has 0 atom stereocenters. The predicted octanol–water partition coefficient (Wildman–Crippen LogP) is 1.23. The molecule has 0 bridgehead atoms. The Balaban J connectivity index is 2.01. The smallest absolute Gasteiger partial charge is 0.254 e. The number of carbonyl (C=O) groups is 1. The summed E-state index contributed by atoms with van der Waals surface area (Å²) in [5, 5.41) is 2.86. The zero-order chi connectivity index (χ0) is 13.1. The monoisotopic (exact) mass is 251 g/mol. The Bertz CT molecular complexity index is 442. The van der Waals surface area contributed by atoms with Crippen LogP contribution in [-0.4, -0.2) is 37.0 Å². The van der Waals surface area contributed by atoms with Crippen LogP contribution in [0.1, 0.15) is 23.2 Å². The van der Waals surface area contributed by atoms with Gasteiger partial charge in [-0.15, -0.1) is 0 Å². The Kier molecular flexibility index (Phi) is 3.81. The molecule has 2 rings (SSSR count). The van der Waals surface area contributed by atoms with Gasteiger partial charge in [0.05, 0.1) is 5.56 Å². The Hall–Kier alpha value is -1.62. The summed E-state index contributed by atoms with van der Waals surface area (Å²) in [5.41, 5.74) is 5.98. The van der Waals surface area contributed by atoms with E-state index < -0.39 is 5.82 Å². The van der Waals surface area contributed by atoms with Crippen LogP contribution in [0.2, 0.25) is 0 Å². The molecule has 1 saturated heterocycles. The lowest BCUT2D eigenvalue weighted by Gasteiger charge is -2.29. The minimum atomic E-state index is -0.533. The predicted molar refractivity (Wildman–Crippen MR) is 68.8 cm³/mol. The van der Waals surface area contributed by atoms with Crippen molar-refractivity contribution in [1.29, 1.82) is 0 Å². The van der Waals surface area contributed by atoms with Crippen molar-refractivity contribution in [3.63, 3.8) is 0 Å². The number of nitrogen functional groups attached to an aromatic ring is 1. The van der Waals surface area contributed by atoms with Crippen LogP contribution in [0.3, 0.4) is 0 Å². The molecule has 1 amide bonds. The summed E-state index contributed by atoms with van der Waals surface area (Å²) in [7, 11) is 2.05. The van der Waals surface area contributed by atoms with Crippen molar-refractivity contribution in [3.05, 3.63) is 29.6 Å². The van der Waals surface area contributed by atoms with Gasteiger partial charge < -0.3 is 16.0 Å². The van der Waals surface area contributed by atoms with Gasteiger partial charge in [0.1, 0.15) is 5.82 Å². The fourth-order valence-corrected chi connectivity index (χ4v) is 2.13. The summed E-state index contributed by atoms with van der Waals surface area (Å²) in [6.45, 7) is 1.90. The minimum absolute atomic E-state index is 0.0222. The van der Waals surface area contributed by atoms with Crippen LogP contribution in [0.15, 0.2) is 18.2 Å². The first-order chi connectivity index (χ1) is 8.56. The first-order valence-corrected chi connectivity index (χ1v) is 6.10. The molecule has 0 unspecified atom stereocenters. The van der Waals surface area contributed by atoms with Crippen molar-refractivity contribution in [2.75, 3.05) is 25.9 Å². The lowest BCUT2D eigenvalue weighted by atomic mass is 10.0. The molecular formula is C13H18FN3O. The number of hydrogen-bond donors (Lipinski definition) is 2. The van der Waals surface area contributed by atoms with Gasteiger partial charge in [0, 0.05) is 11.7 Å². The number of piperidine rings is 1. The molecule has 1 heterocycles. The molecule has 4 nitrogen and oxygen atoms in total. The quantitative estimate of drug-likeness (QED) is 0.777. The second-order valence-corrected chi connectivity index (χ2v) is 4.79. The SMILES string of the molecule is CN1CCC(NC(=O)c2cc(N)ccc2F)CC1. The number of hydrogen-bond acceptors (Lipinski definition) is 3. The Morgan fingerprint density at radius 3 is 2.78 bits per heavy atom. The van der Waals surface area contributed by atoms with E-state index in [0.29, 0.717) is 5.69 Å². The Morgan fingerprint density at radius 2 is 2.11 bits per heavy atom. The summed E-state index contributed by atoms with van der Waals surface area (Å²) in [5.74, 6) is -0.913. The van der Waals surface area contributed by atoms with Gasteiger partial charge >= 0.3 is 0 Å². The third-order valence-electron chi connectivity index (χ3n) is 3.29. The van der Waals surface area contributed by atoms with Crippen LogP contribution < -0.4 is 11.1 Å². The lowest BCUT2D eigenvalue weighted by molar-refractivity contribution is 0.0913. The average Bonchev–Trinajstić information content (AvgIpc) is 2.35. The van der Waals surface area contributed by atoms with Gasteiger partial charge in [-0.2, -0.15) is 0 Å². The highest BCUT2D eigenvalue weighted by atomic mass is 19.1. The molecule has 0 aromatic heterocycles. The van der Waals surface area contributed by atoms with E-state index in [-0.39, 0.29) is 17.5 Å². The number of nitrogens with two attached hydrogens (primary N) is 1. The molecule has 98 valence electrons. The molecule has 0 spiro atoms. The van der Waals surface area contributed by atoms with Crippen LogP contribution in [-0.2, 0) is 0 Å². The number of nitrogens with zero attached hydrogens (tertiary/aromatic N) is 1. The molecule has 1 aromatic rings. The van der Waals surface area contributed by atoms with Crippen LogP contribution in [0.5, 0.6) is 0 Å². The molecule has 18 heavy (non-hydrogen) atoms. The number of nitrogens with one attached hydrogen (secondary N) is 1. The van der Waals surface area contributed by atoms with Crippen LogP contribution >= 0.6 is 0 Å². The molecule has 0 saturated carbocycles. The third-order valence-corrected chi connectivity index (χ3v) is 3.29. The van der Waals surface area contributed by atoms with Gasteiger partial charge in [-0.25, -0.2) is 4.39 Å². The first-order valence-electron chi connectivity index (χ1n) is 6.10. The van der Waals surface area contributed by atoms with Gasteiger partial charge in [-0.05, 0) is 51.2 Å². The van der Waals surface area contributed by atoms with E-state index in [2.05, 4.69) is 17.3 Å². The number of anilines is 1. The van der Waals surface area contributed by atoms with Crippen LogP contribution in [0.4, 0.5) is 10.1 Å². The summed E-state index contributed by atoms with van der Waals surface area (Å²) >= 11 is 0. The van der Waals surface area contributed by atoms with Crippen molar-refractivity contribution in [1.82, 2.24) is 10.2 Å². The molecule has 1 aliphatic rings. The lowest BCUT2D eigenvalue weighted by Crippen LogP contribution is -2.43. The molecule has 5 heteroatoms. The zero-order valence-electron chi connectivity index (χ0n) is 10.4. The highest BCUT2D eigenvalue weighted by Gasteiger charge is 2.20. The summed E-state index contributed by atoms with van der Waals surface area (Å²) in [6.07, 6.45) is 1.79. The maximum absolute atomic E-state index is 13.5. The van der Waals surface area contributed by atoms with Gasteiger partial charge in [0.15, 0.2) is 0 Å². The molecular weight excluding hydrogens is 233 g/mol. The summed E-state index contributed by atoms with van der Waals surface area (Å²) in [4.78, 5) is 14.2. The third kappa shape index (κ3) is 2.98. The van der Waals surface area contributed by atoms with E-state index in [1.165, 1.54) is 18.2 Å². The molecule has 0 aliphatic carbocycles. The van der Waals surface area contributed by atoms with E-state index >= 15 is 0 Å². The first kappa shape index (κ1) is 12.8. The summed E-state index contributed by atoms with van der Waals surface area (Å²) in [6, 6.07) is 4.16. The second-order valence-electron chi connectivity index (χ2n) is 4.79. The number of halogens is 1. The number of likely N-dealkylation sites (tertiary alicyclic amines) is 1. The maximum Gasteiger partial charge on any atom is 0.254 e. The maximum atomic E-state index is 13.5. The fraction of sp³-hybridized carbons (Fsp3) is 0.462. The normalized spacial score (nSPS) is 17.7. The average molecular weight is 251 g/mol. The molecule has 0 radical (unpaired) electrons. The second kappa shape index (κ2) is 5.35. The standard InChI is InChI=1S/C13H18FN3O/c1-17-6-4-10(5-7-17)16-13(18)11-8-9(15)2-3-12(11)14/h2-3,8,10H,4-7,15H2,1H3,(H,16,18). The number of amides is 1. The van der Waals surface area contributed by atoms with E-state index in [0.717, 1.165) is 25.9 Å². The van der Waals surface area contributed by atoms with Crippen LogP contribution in [0.25, 0.3) is 0 Å². The molecule has 1 aliphatic heterocycles. The number of carbonyl (C=O) groups excluding carboxylic acids is 1. The number of benzene rings is 1. The van der Waals surface area contributed by atoms with Crippen molar-refractivity contribution in [2.45, 2.75) is 18.9 Å². The van der Waals surface area contributed by atoms with Crippen molar-refractivity contribution < 1.29 is 9.18 Å². The topological polar surface area (TPSA) is 58.4 Å². The highest BCUT2D eigenvalue weighted by molar-refractivity contribution is 5.95. The van der Waals surface area contributed by atoms with E-state index in [4.69, 9.17) is 5.73 Å². The van der Waals surface area contributed by atoms with Crippen molar-refractivity contribution in [2.24, 2.45) is 0 Å². The van der Waals surface area contributed by atoms with E-state index in [1.54, 1.807) is 0 Å². The largest absolute Gasteiger partial charge is 0.399 e. The molecule has 3 N–H and O–H groups in total. The molecule has 1 fully saturated rings. The van der Waals surface area contributed by atoms with Gasteiger partial charge in [-0.1, -0.05) is 0 Å². The Labute approximate surface area is 106 Å². The zero-order valence-corrected chi connectivity index (χ0v) is 10.4. The number of rotatable bonds is 2. The Morgan fingerprint density at radius 1 is 1.44 bits per heavy atom. The van der Waals surface area contributed by atoms with E-state index in [9.17, 15) is 9.18 Å². The fourth-order valence-electron chi connectivity index (χ4n) is 2.13. The minimum Gasteiger partial charge on any atom is -0.399 e. The van der Waals surface area contributed by atoms with E-state index in [1.807, 2.05) is 0 Å². The summed E-state index contributed by atoms with van der Waals surface area (Å²) < 4.78 is 13.5. The van der Waals surface area contributed by atoms with Gasteiger partial charge in [0.25, 0.3) is 5.91 Å². The van der Waals surface area contributed by atoms with Crippen molar-refractivity contribution in [3.8, 4) is 0 Å². The highest BCUT2D eigenvalue weighted by Crippen LogP contribution is 2.14.